The van der Waals surface area contributed by atoms with E-state index in [1.54, 1.807) is 0 Å². The molecular formula is C9H19Y-. The molecule has 0 nitrogen and oxygen atoms in total. The summed E-state index contributed by atoms with van der Waals surface area (Å²) in [5, 5.41) is 0. The quantitative estimate of drug-likeness (QED) is 0.617. The first-order valence-corrected chi connectivity index (χ1v) is 4.14. The zero-order valence-electron chi connectivity index (χ0n) is 7.56. The maximum Gasteiger partial charge on any atom is 0 e. The predicted octanol–water partition coefficient (Wildman–Crippen LogP) is 3.42. The van der Waals surface area contributed by atoms with Crippen LogP contribution in [0.25, 0.3) is 0 Å². The van der Waals surface area contributed by atoms with E-state index in [9.17, 15) is 0 Å². The van der Waals surface area contributed by atoms with E-state index in [2.05, 4.69) is 27.2 Å². The Morgan fingerprint density at radius 1 is 1.10 bits per heavy atom. The summed E-state index contributed by atoms with van der Waals surface area (Å²) < 4.78 is 0. The molecule has 0 saturated carbocycles. The summed E-state index contributed by atoms with van der Waals surface area (Å²) in [5.74, 6) is 0.889. The van der Waals surface area contributed by atoms with E-state index in [0.717, 1.165) is 5.92 Å². The van der Waals surface area contributed by atoms with Gasteiger partial charge in [0.1, 0.15) is 0 Å². The van der Waals surface area contributed by atoms with Gasteiger partial charge in [0.15, 0.2) is 0 Å². The summed E-state index contributed by atoms with van der Waals surface area (Å²) in [6, 6.07) is 0. The molecule has 0 aromatic carbocycles. The van der Waals surface area contributed by atoms with Crippen LogP contribution in [0, 0.1) is 12.3 Å². The molecular weight excluding hydrogens is 197 g/mol. The molecule has 0 heterocycles. The van der Waals surface area contributed by atoms with Gasteiger partial charge in [-0.25, -0.2) is 0 Å². The zero-order valence-corrected chi connectivity index (χ0v) is 10.4. The van der Waals surface area contributed by atoms with Crippen LogP contribution in [-0.2, 0) is 32.7 Å². The first-order valence-electron chi connectivity index (χ1n) is 4.14. The van der Waals surface area contributed by atoms with Gasteiger partial charge in [0.2, 0.25) is 0 Å². The third-order valence-electron chi connectivity index (χ3n) is 1.79. The Labute approximate surface area is 91.0 Å². The van der Waals surface area contributed by atoms with Crippen molar-refractivity contribution in [2.45, 2.75) is 46.5 Å². The molecule has 0 bridgehead atoms. The molecule has 1 radical (unpaired) electrons. The standard InChI is InChI=1S/C9H19.Y/c1-4-7-9(6-3)8-5-2;/h6,9H,4-5,7-8H2,1-3H3;/q-1;. The van der Waals surface area contributed by atoms with E-state index >= 15 is 0 Å². The second-order valence-electron chi connectivity index (χ2n) is 2.67. The van der Waals surface area contributed by atoms with Crippen molar-refractivity contribution >= 4 is 0 Å². The normalized spacial score (nSPS) is 9.60. The van der Waals surface area contributed by atoms with Crippen molar-refractivity contribution in [1.29, 1.82) is 0 Å². The van der Waals surface area contributed by atoms with Crippen LogP contribution in [0.5, 0.6) is 0 Å². The molecule has 59 valence electrons. The van der Waals surface area contributed by atoms with Gasteiger partial charge in [0.05, 0.1) is 0 Å². The van der Waals surface area contributed by atoms with Gasteiger partial charge in [-0.05, 0) is 0 Å². The molecule has 0 aliphatic heterocycles. The van der Waals surface area contributed by atoms with Crippen LogP contribution in [0.4, 0.5) is 0 Å². The molecule has 0 atom stereocenters. The van der Waals surface area contributed by atoms with Crippen LogP contribution < -0.4 is 0 Å². The van der Waals surface area contributed by atoms with Gasteiger partial charge < -0.3 is 6.42 Å². The van der Waals surface area contributed by atoms with E-state index in [1.807, 2.05) is 0 Å². The number of hydrogen-bond acceptors (Lipinski definition) is 0. The Kier molecular flexibility index (Phi) is 13.8. The van der Waals surface area contributed by atoms with Crippen molar-refractivity contribution in [3.8, 4) is 0 Å². The molecule has 0 spiro atoms. The van der Waals surface area contributed by atoms with Crippen LogP contribution in [0.3, 0.4) is 0 Å². The van der Waals surface area contributed by atoms with Gasteiger partial charge in [0, 0.05) is 32.7 Å². The van der Waals surface area contributed by atoms with Gasteiger partial charge in [0.25, 0.3) is 0 Å². The molecule has 0 aliphatic rings. The van der Waals surface area contributed by atoms with Gasteiger partial charge in [-0.1, -0.05) is 39.5 Å². The maximum absolute atomic E-state index is 2.34. The Balaban J connectivity index is 0. The summed E-state index contributed by atoms with van der Waals surface area (Å²) in [5.41, 5.74) is 0. The summed E-state index contributed by atoms with van der Waals surface area (Å²) in [7, 11) is 0. The average Bonchev–Trinajstić information content (AvgIpc) is 1.88. The molecule has 0 fully saturated rings. The largest absolute Gasteiger partial charge is 0.328 e. The Bertz CT molecular complexity index is 46.7. The van der Waals surface area contributed by atoms with Crippen LogP contribution >= 0.6 is 0 Å². The zero-order chi connectivity index (χ0) is 7.11. The third-order valence-corrected chi connectivity index (χ3v) is 1.79. The Morgan fingerprint density at radius 2 is 1.50 bits per heavy atom. The van der Waals surface area contributed by atoms with Gasteiger partial charge >= 0.3 is 0 Å². The molecule has 0 unspecified atom stereocenters. The summed E-state index contributed by atoms with van der Waals surface area (Å²) in [6.07, 6.45) is 7.76. The van der Waals surface area contributed by atoms with E-state index < -0.39 is 0 Å². The molecule has 0 rings (SSSR count). The molecule has 0 aromatic heterocycles. The van der Waals surface area contributed by atoms with Gasteiger partial charge in [-0.2, -0.15) is 12.8 Å². The van der Waals surface area contributed by atoms with Crippen molar-refractivity contribution in [2.24, 2.45) is 5.92 Å². The third kappa shape index (κ3) is 7.21. The minimum atomic E-state index is 0. The van der Waals surface area contributed by atoms with E-state index in [1.165, 1.54) is 25.7 Å². The molecule has 1 heteroatoms. The predicted molar refractivity (Wildman–Crippen MR) is 43.3 cm³/mol. The van der Waals surface area contributed by atoms with Gasteiger partial charge in [-0.3, -0.25) is 0 Å². The van der Waals surface area contributed by atoms with E-state index in [4.69, 9.17) is 0 Å². The topological polar surface area (TPSA) is 0 Å². The second kappa shape index (κ2) is 10.1. The molecule has 10 heavy (non-hydrogen) atoms. The van der Waals surface area contributed by atoms with Gasteiger partial charge in [-0.15, -0.1) is 0 Å². The second-order valence-corrected chi connectivity index (χ2v) is 2.67. The van der Waals surface area contributed by atoms with Crippen LogP contribution in [-0.4, -0.2) is 0 Å². The fraction of sp³-hybridized carbons (Fsp3) is 0.889. The Morgan fingerprint density at radius 3 is 1.70 bits per heavy atom. The molecule has 0 saturated heterocycles. The number of rotatable bonds is 5. The monoisotopic (exact) mass is 216 g/mol. The fourth-order valence-corrected chi connectivity index (χ4v) is 1.22. The average molecular weight is 216 g/mol. The van der Waals surface area contributed by atoms with Crippen molar-refractivity contribution in [2.75, 3.05) is 0 Å². The fourth-order valence-electron chi connectivity index (χ4n) is 1.22. The minimum Gasteiger partial charge on any atom is -0.328 e. The first kappa shape index (κ1) is 13.7. The minimum absolute atomic E-state index is 0. The Hall–Kier alpha value is 1.10. The van der Waals surface area contributed by atoms with E-state index in [0.29, 0.717) is 0 Å². The van der Waals surface area contributed by atoms with Crippen molar-refractivity contribution in [3.05, 3.63) is 6.42 Å². The molecule has 0 N–H and O–H groups in total. The summed E-state index contributed by atoms with van der Waals surface area (Å²) >= 11 is 0. The first-order chi connectivity index (χ1) is 4.35. The molecule has 0 aromatic rings. The molecule has 0 amide bonds. The van der Waals surface area contributed by atoms with E-state index in [-0.39, 0.29) is 32.7 Å². The van der Waals surface area contributed by atoms with Crippen LogP contribution in [0.2, 0.25) is 0 Å². The maximum atomic E-state index is 2.34. The smallest absolute Gasteiger partial charge is 0 e. The SMILES string of the molecule is C[CH-]C(CCC)CCC.[Y]. The van der Waals surface area contributed by atoms with Crippen molar-refractivity contribution < 1.29 is 32.7 Å². The van der Waals surface area contributed by atoms with Crippen LogP contribution in [0.1, 0.15) is 46.5 Å². The van der Waals surface area contributed by atoms with Crippen LogP contribution in [0.15, 0.2) is 0 Å². The summed E-state index contributed by atoms with van der Waals surface area (Å²) in [6.45, 7) is 6.69. The number of hydrogen-bond donors (Lipinski definition) is 0. The summed E-state index contributed by atoms with van der Waals surface area (Å²) in [4.78, 5) is 0. The van der Waals surface area contributed by atoms with Crippen molar-refractivity contribution in [3.63, 3.8) is 0 Å². The van der Waals surface area contributed by atoms with Crippen molar-refractivity contribution in [1.82, 2.24) is 0 Å². The molecule has 0 aliphatic carbocycles.